The van der Waals surface area contributed by atoms with Crippen molar-refractivity contribution in [2.45, 2.75) is 38.5 Å². The molecule has 2 aromatic rings. The Bertz CT molecular complexity index is 882. The van der Waals surface area contributed by atoms with Gasteiger partial charge in [-0.3, -0.25) is 9.59 Å². The maximum atomic E-state index is 12.2. The number of hydrogen-bond donors (Lipinski definition) is 0. The highest BCUT2D eigenvalue weighted by Gasteiger charge is 2.34. The summed E-state index contributed by atoms with van der Waals surface area (Å²) in [6.45, 7) is 3.68. The monoisotopic (exact) mass is 399 g/mol. The highest BCUT2D eigenvalue weighted by atomic mass is 16.7. The molecule has 0 aliphatic carbocycles. The maximum Gasteiger partial charge on any atom is 0.340 e. The van der Waals surface area contributed by atoms with Crippen LogP contribution >= 0.6 is 0 Å². The molecule has 1 unspecified atom stereocenters. The Kier molecular flexibility index (Phi) is 6.82. The molecule has 29 heavy (non-hydrogen) atoms. The Labute approximate surface area is 169 Å². The molecule has 4 rings (SSSR count). The van der Waals surface area contributed by atoms with E-state index in [0.717, 1.165) is 35.3 Å². The molecule has 2 aliphatic rings. The third-order valence-corrected chi connectivity index (χ3v) is 4.94. The molecule has 0 bridgehead atoms. The van der Waals surface area contributed by atoms with Crippen LogP contribution in [0.25, 0.3) is 10.8 Å². The van der Waals surface area contributed by atoms with Crippen LogP contribution < -0.4 is 4.74 Å². The zero-order chi connectivity index (χ0) is 20.8. The zero-order valence-electron chi connectivity index (χ0n) is 16.7. The topological polar surface area (TPSA) is 82.1 Å². The van der Waals surface area contributed by atoms with Crippen molar-refractivity contribution in [3.63, 3.8) is 0 Å². The van der Waals surface area contributed by atoms with Crippen molar-refractivity contribution in [3.8, 4) is 5.75 Å². The number of imide groups is 1. The normalized spacial score (nSPS) is 17.1. The fourth-order valence-electron chi connectivity index (χ4n) is 3.11. The first-order chi connectivity index (χ1) is 14.0. The van der Waals surface area contributed by atoms with Crippen LogP contribution in [0.2, 0.25) is 0 Å². The van der Waals surface area contributed by atoms with Gasteiger partial charge in [0.25, 0.3) is 11.8 Å². The second-order valence-electron chi connectivity index (χ2n) is 7.01. The van der Waals surface area contributed by atoms with Crippen molar-refractivity contribution in [1.29, 1.82) is 0 Å². The van der Waals surface area contributed by atoms with Crippen LogP contribution in [0.15, 0.2) is 36.4 Å². The van der Waals surface area contributed by atoms with Crippen LogP contribution in [0.3, 0.4) is 0 Å². The van der Waals surface area contributed by atoms with Gasteiger partial charge in [-0.1, -0.05) is 24.3 Å². The predicted octanol–water partition coefficient (Wildman–Crippen LogP) is 3.36. The summed E-state index contributed by atoms with van der Waals surface area (Å²) < 4.78 is 10.1. The number of hydrogen-bond acceptors (Lipinski definition) is 6. The van der Waals surface area contributed by atoms with Gasteiger partial charge in [0, 0.05) is 26.1 Å². The largest absolute Gasteiger partial charge is 0.497 e. The van der Waals surface area contributed by atoms with Crippen LogP contribution in [-0.4, -0.2) is 43.2 Å². The number of carbonyl (C=O) groups excluding carboxylic acids is 3. The molecule has 2 aliphatic heterocycles. The van der Waals surface area contributed by atoms with E-state index in [2.05, 4.69) is 0 Å². The first-order valence-electron chi connectivity index (χ1n) is 9.72. The van der Waals surface area contributed by atoms with E-state index in [9.17, 15) is 14.4 Å². The third-order valence-electron chi connectivity index (χ3n) is 4.94. The Morgan fingerprint density at radius 2 is 1.62 bits per heavy atom. The highest BCUT2D eigenvalue weighted by Crippen LogP contribution is 2.26. The second-order valence-corrected chi connectivity index (χ2v) is 7.01. The number of methoxy groups -OCH3 is 1. The van der Waals surface area contributed by atoms with E-state index in [0.29, 0.717) is 5.06 Å². The van der Waals surface area contributed by atoms with E-state index >= 15 is 0 Å². The minimum Gasteiger partial charge on any atom is -0.497 e. The summed E-state index contributed by atoms with van der Waals surface area (Å²) in [6.07, 6.45) is 2.72. The molecule has 0 N–H and O–H groups in total. The smallest absolute Gasteiger partial charge is 0.340 e. The predicted molar refractivity (Wildman–Crippen MR) is 106 cm³/mol. The first-order valence-corrected chi connectivity index (χ1v) is 9.72. The van der Waals surface area contributed by atoms with E-state index < -0.39 is 23.7 Å². The summed E-state index contributed by atoms with van der Waals surface area (Å²) in [6, 6.07) is 11.3. The SMILES string of the molecule is C1CCOC1.COc1ccc2cc(C(C)C(=O)ON3C(=O)CCC3=O)ccc2c1. The van der Waals surface area contributed by atoms with Crippen LogP contribution in [0, 0.1) is 0 Å². The molecule has 2 aromatic carbocycles. The molecule has 2 amide bonds. The average molecular weight is 399 g/mol. The minimum absolute atomic E-state index is 0.0816. The molecule has 0 saturated carbocycles. The molecule has 7 heteroatoms. The molecule has 2 fully saturated rings. The quantitative estimate of drug-likeness (QED) is 0.734. The molecule has 0 aromatic heterocycles. The fourth-order valence-corrected chi connectivity index (χ4v) is 3.11. The van der Waals surface area contributed by atoms with E-state index in [4.69, 9.17) is 14.3 Å². The standard InChI is InChI=1S/C18H17NO5.C4H8O/c1-11(18(22)24-19-16(20)7-8-17(19)21)12-3-4-14-10-15(23-2)6-5-13(14)9-12;1-2-4-5-3-1/h3-6,9-11H,7-8H2,1-2H3;1-4H2. The van der Waals surface area contributed by atoms with Gasteiger partial charge >= 0.3 is 5.97 Å². The van der Waals surface area contributed by atoms with Crippen LogP contribution in [0.1, 0.15) is 44.1 Å². The van der Waals surface area contributed by atoms with Crippen molar-refractivity contribution in [2.24, 2.45) is 0 Å². The molecule has 2 heterocycles. The Morgan fingerprint density at radius 1 is 1.00 bits per heavy atom. The number of amides is 2. The van der Waals surface area contributed by atoms with Gasteiger partial charge in [-0.2, -0.15) is 0 Å². The van der Waals surface area contributed by atoms with Crippen LogP contribution in [-0.2, 0) is 24.0 Å². The van der Waals surface area contributed by atoms with Gasteiger partial charge in [-0.25, -0.2) is 4.79 Å². The van der Waals surface area contributed by atoms with E-state index in [1.54, 1.807) is 14.0 Å². The van der Waals surface area contributed by atoms with Gasteiger partial charge in [0.1, 0.15) is 5.75 Å². The number of fused-ring (bicyclic) bond motifs is 1. The van der Waals surface area contributed by atoms with E-state index in [1.165, 1.54) is 12.8 Å². The van der Waals surface area contributed by atoms with Crippen molar-refractivity contribution in [3.05, 3.63) is 42.0 Å². The van der Waals surface area contributed by atoms with Crippen molar-refractivity contribution < 1.29 is 28.7 Å². The number of benzene rings is 2. The summed E-state index contributed by atoms with van der Waals surface area (Å²) in [5, 5.41) is 2.52. The lowest BCUT2D eigenvalue weighted by Gasteiger charge is -2.17. The van der Waals surface area contributed by atoms with Crippen molar-refractivity contribution in [2.75, 3.05) is 20.3 Å². The Balaban J connectivity index is 0.000000419. The average Bonchev–Trinajstić information content (AvgIpc) is 3.42. The minimum atomic E-state index is -0.633. The second kappa shape index (κ2) is 9.52. The highest BCUT2D eigenvalue weighted by molar-refractivity contribution is 6.01. The summed E-state index contributed by atoms with van der Waals surface area (Å²) in [5.41, 5.74) is 0.747. The molecule has 7 nitrogen and oxygen atoms in total. The van der Waals surface area contributed by atoms with Crippen molar-refractivity contribution >= 4 is 28.6 Å². The molecule has 0 radical (unpaired) electrons. The van der Waals surface area contributed by atoms with E-state index in [-0.39, 0.29) is 12.8 Å². The Hall–Kier alpha value is -2.93. The van der Waals surface area contributed by atoms with Gasteiger partial charge in [0.05, 0.1) is 13.0 Å². The van der Waals surface area contributed by atoms with Gasteiger partial charge < -0.3 is 14.3 Å². The summed E-state index contributed by atoms with van der Waals surface area (Å²) in [5.74, 6) is -1.43. The number of carbonyl (C=O) groups is 3. The fraction of sp³-hybridized carbons (Fsp3) is 0.409. The molecule has 2 saturated heterocycles. The van der Waals surface area contributed by atoms with E-state index in [1.807, 2.05) is 36.4 Å². The number of nitrogens with zero attached hydrogens (tertiary/aromatic N) is 1. The molecular weight excluding hydrogens is 374 g/mol. The third kappa shape index (κ3) is 5.12. The molecule has 1 atom stereocenters. The van der Waals surface area contributed by atoms with Gasteiger partial charge in [0.2, 0.25) is 0 Å². The lowest BCUT2D eigenvalue weighted by Crippen LogP contribution is -2.33. The van der Waals surface area contributed by atoms with Crippen LogP contribution in [0.5, 0.6) is 5.75 Å². The van der Waals surface area contributed by atoms with Gasteiger partial charge in [-0.05, 0) is 48.2 Å². The lowest BCUT2D eigenvalue weighted by atomic mass is 9.98. The van der Waals surface area contributed by atoms with Gasteiger partial charge in [-0.15, -0.1) is 5.06 Å². The number of hydroxylamine groups is 2. The zero-order valence-corrected chi connectivity index (χ0v) is 16.7. The molecule has 154 valence electrons. The lowest BCUT2D eigenvalue weighted by molar-refractivity contribution is -0.198. The van der Waals surface area contributed by atoms with Gasteiger partial charge in [0.15, 0.2) is 0 Å². The number of rotatable bonds is 4. The van der Waals surface area contributed by atoms with Crippen LogP contribution in [0.4, 0.5) is 0 Å². The first kappa shape index (κ1) is 20.8. The summed E-state index contributed by atoms with van der Waals surface area (Å²) in [7, 11) is 1.61. The Morgan fingerprint density at radius 3 is 2.21 bits per heavy atom. The molecule has 0 spiro atoms. The summed E-state index contributed by atoms with van der Waals surface area (Å²) >= 11 is 0. The summed E-state index contributed by atoms with van der Waals surface area (Å²) in [4.78, 5) is 40.3. The van der Waals surface area contributed by atoms with Crippen molar-refractivity contribution in [1.82, 2.24) is 5.06 Å². The maximum absolute atomic E-state index is 12.2. The number of ether oxygens (including phenoxy) is 2. The molecular formula is C22H25NO6.